The molecule has 100 heavy (non-hydrogen) atoms. The number of ether oxygens (including phenoxy) is 4. The number of phosphoric acid groups is 2. The van der Waals surface area contributed by atoms with Gasteiger partial charge in [-0.15, -0.1) is 0 Å². The molecular weight excluding hydrogens is 1310 g/mol. The smallest absolute Gasteiger partial charge is 0.462 e. The third-order valence-electron chi connectivity index (χ3n) is 19.4. The van der Waals surface area contributed by atoms with E-state index in [-0.39, 0.29) is 25.7 Å². The summed E-state index contributed by atoms with van der Waals surface area (Å²) in [6.45, 7) is 7.34. The van der Waals surface area contributed by atoms with Crippen LogP contribution in [-0.4, -0.2) is 96.7 Å². The van der Waals surface area contributed by atoms with E-state index >= 15 is 0 Å². The highest BCUT2D eigenvalue weighted by Gasteiger charge is 2.30. The first-order valence-corrected chi connectivity index (χ1v) is 45.2. The van der Waals surface area contributed by atoms with Crippen molar-refractivity contribution in [2.45, 2.75) is 451 Å². The Morgan fingerprint density at radius 3 is 0.710 bits per heavy atom. The number of unbranched alkanes of at least 4 members (excludes halogenated alkanes) is 52. The normalized spacial score (nSPS) is 14.1. The highest BCUT2D eigenvalue weighted by molar-refractivity contribution is 7.47. The molecule has 0 aliphatic carbocycles. The molecule has 19 heteroatoms. The minimum absolute atomic E-state index is 0.108. The van der Waals surface area contributed by atoms with Gasteiger partial charge < -0.3 is 33.8 Å². The van der Waals surface area contributed by atoms with Crippen LogP contribution in [0, 0.1) is 5.92 Å². The topological polar surface area (TPSA) is 237 Å². The lowest BCUT2D eigenvalue weighted by molar-refractivity contribution is -0.161. The van der Waals surface area contributed by atoms with Crippen LogP contribution in [0.25, 0.3) is 0 Å². The van der Waals surface area contributed by atoms with E-state index in [4.69, 9.17) is 37.0 Å². The van der Waals surface area contributed by atoms with Gasteiger partial charge in [0.2, 0.25) is 0 Å². The van der Waals surface area contributed by atoms with Gasteiger partial charge in [0.15, 0.2) is 12.2 Å². The van der Waals surface area contributed by atoms with Crippen LogP contribution in [0.4, 0.5) is 0 Å². The standard InChI is InChI=1S/C81H158O17P2/c1-6-10-13-16-19-22-25-28-31-32-33-36-39-42-45-52-57-62-67-80(85)97-76(70-91-78(83)64-59-54-49-43-40-37-34-29-26-23-20-17-14-11-7-2)72-95-99(87,88)93-68-75(82)69-94-100(89,90)96-73-77(71-92-79(84)65-60-55-50-47-46-48-53-58-63-74(5)9-4)98-81(86)66-61-56-51-44-41-38-35-30-27-24-21-18-15-12-8-3/h74-77,82H,6-73H2,1-5H3,(H,87,88)(H,89,90)/t74?,75-,76-,77-/m1/s1. The molecule has 0 aromatic rings. The van der Waals surface area contributed by atoms with Gasteiger partial charge in [-0.25, -0.2) is 9.13 Å². The summed E-state index contributed by atoms with van der Waals surface area (Å²) in [6.07, 6.45) is 65.0. The third-order valence-corrected chi connectivity index (χ3v) is 21.3. The zero-order chi connectivity index (χ0) is 73.4. The van der Waals surface area contributed by atoms with Crippen LogP contribution in [-0.2, 0) is 65.4 Å². The number of phosphoric ester groups is 2. The molecule has 6 atom stereocenters. The molecule has 0 bridgehead atoms. The number of carbonyl (C=O) groups excluding carboxylic acids is 4. The van der Waals surface area contributed by atoms with Gasteiger partial charge in [0.05, 0.1) is 26.4 Å². The lowest BCUT2D eigenvalue weighted by Gasteiger charge is -2.21. The average molecular weight is 1470 g/mol. The van der Waals surface area contributed by atoms with Gasteiger partial charge in [0, 0.05) is 25.7 Å². The first kappa shape index (κ1) is 98.1. The maximum absolute atomic E-state index is 13.1. The molecule has 0 rings (SSSR count). The zero-order valence-corrected chi connectivity index (χ0v) is 67.1. The summed E-state index contributed by atoms with van der Waals surface area (Å²) in [7, 11) is -9.92. The third kappa shape index (κ3) is 73.0. The molecule has 3 N–H and O–H groups in total. The molecular formula is C81H158O17P2. The van der Waals surface area contributed by atoms with Crippen molar-refractivity contribution in [3.63, 3.8) is 0 Å². The van der Waals surface area contributed by atoms with Gasteiger partial charge in [0.1, 0.15) is 19.3 Å². The average Bonchev–Trinajstić information content (AvgIpc) is 1.17. The first-order chi connectivity index (χ1) is 48.6. The van der Waals surface area contributed by atoms with Gasteiger partial charge in [-0.05, 0) is 31.6 Å². The van der Waals surface area contributed by atoms with E-state index < -0.39 is 97.5 Å². The fraction of sp³-hybridized carbons (Fsp3) is 0.951. The van der Waals surface area contributed by atoms with Crippen LogP contribution < -0.4 is 0 Å². The molecule has 17 nitrogen and oxygen atoms in total. The molecule has 3 unspecified atom stereocenters. The summed E-state index contributed by atoms with van der Waals surface area (Å²) >= 11 is 0. The Morgan fingerprint density at radius 1 is 0.280 bits per heavy atom. The summed E-state index contributed by atoms with van der Waals surface area (Å²) in [4.78, 5) is 73.1. The molecule has 0 saturated heterocycles. The summed E-state index contributed by atoms with van der Waals surface area (Å²) in [5.74, 6) is -1.33. The molecule has 0 aliphatic rings. The fourth-order valence-corrected chi connectivity index (χ4v) is 14.1. The van der Waals surface area contributed by atoms with Gasteiger partial charge in [-0.3, -0.25) is 37.3 Å². The second kappa shape index (κ2) is 73.9. The number of esters is 4. The van der Waals surface area contributed by atoms with Crippen LogP contribution in [0.3, 0.4) is 0 Å². The predicted octanol–water partition coefficient (Wildman–Crippen LogP) is 24.4. The summed E-state index contributed by atoms with van der Waals surface area (Å²) in [5, 5.41) is 10.6. The van der Waals surface area contributed by atoms with Crippen LogP contribution in [0.5, 0.6) is 0 Å². The Hall–Kier alpha value is -1.94. The van der Waals surface area contributed by atoms with E-state index in [0.717, 1.165) is 95.8 Å². The number of hydrogen-bond donors (Lipinski definition) is 3. The van der Waals surface area contributed by atoms with Crippen molar-refractivity contribution in [3.8, 4) is 0 Å². The number of hydrogen-bond acceptors (Lipinski definition) is 15. The van der Waals surface area contributed by atoms with Crippen molar-refractivity contribution in [2.75, 3.05) is 39.6 Å². The zero-order valence-electron chi connectivity index (χ0n) is 65.3. The van der Waals surface area contributed by atoms with Gasteiger partial charge in [0.25, 0.3) is 0 Å². The van der Waals surface area contributed by atoms with Crippen molar-refractivity contribution >= 4 is 39.5 Å². The number of aliphatic hydroxyl groups excluding tert-OH is 1. The highest BCUT2D eigenvalue weighted by atomic mass is 31.2. The van der Waals surface area contributed by atoms with Gasteiger partial charge in [-0.1, -0.05) is 381 Å². The van der Waals surface area contributed by atoms with Crippen molar-refractivity contribution in [1.82, 2.24) is 0 Å². The minimum Gasteiger partial charge on any atom is -0.462 e. The molecule has 0 saturated carbocycles. The number of carbonyl (C=O) groups is 4. The van der Waals surface area contributed by atoms with E-state index in [1.54, 1.807) is 0 Å². The molecule has 0 amide bonds. The number of aliphatic hydroxyl groups is 1. The Kier molecular flexibility index (Phi) is 72.5. The fourth-order valence-electron chi connectivity index (χ4n) is 12.6. The van der Waals surface area contributed by atoms with Crippen LogP contribution >= 0.6 is 15.6 Å². The van der Waals surface area contributed by atoms with Crippen LogP contribution in [0.15, 0.2) is 0 Å². The van der Waals surface area contributed by atoms with E-state index in [1.807, 2.05) is 0 Å². The van der Waals surface area contributed by atoms with Crippen molar-refractivity contribution in [3.05, 3.63) is 0 Å². The molecule has 0 spiro atoms. The second-order valence-electron chi connectivity index (χ2n) is 29.4. The van der Waals surface area contributed by atoms with E-state index in [0.29, 0.717) is 25.7 Å². The molecule has 594 valence electrons. The highest BCUT2D eigenvalue weighted by Crippen LogP contribution is 2.45. The maximum Gasteiger partial charge on any atom is 0.472 e. The van der Waals surface area contributed by atoms with Crippen LogP contribution in [0.1, 0.15) is 433 Å². The Labute approximate surface area is 613 Å². The molecule has 0 heterocycles. The molecule has 0 aromatic carbocycles. The van der Waals surface area contributed by atoms with Gasteiger partial charge >= 0.3 is 39.5 Å². The second-order valence-corrected chi connectivity index (χ2v) is 32.3. The molecule has 0 aliphatic heterocycles. The van der Waals surface area contributed by atoms with E-state index in [1.165, 1.54) is 257 Å². The largest absolute Gasteiger partial charge is 0.472 e. The molecule has 0 fully saturated rings. The number of rotatable bonds is 81. The summed E-state index contributed by atoms with van der Waals surface area (Å²) < 4.78 is 68.8. The Morgan fingerprint density at radius 2 is 0.480 bits per heavy atom. The first-order valence-electron chi connectivity index (χ1n) is 42.2. The Bertz CT molecular complexity index is 1910. The lowest BCUT2D eigenvalue weighted by atomic mass is 9.99. The summed E-state index contributed by atoms with van der Waals surface area (Å²) in [6, 6.07) is 0. The SMILES string of the molecule is CCCCCCCCCCCCCCCCCCCCC(=O)O[C@H](COC(=O)CCCCCCCCCCCCCCCCC)COP(=O)(O)OC[C@@H](O)COP(=O)(O)OC[C@@H](COC(=O)CCCCCCCCCCC(C)CC)OC(=O)CCCCCCCCCCCCCCCCC. The monoisotopic (exact) mass is 1470 g/mol. The molecule has 0 radical (unpaired) electrons. The van der Waals surface area contributed by atoms with Crippen LogP contribution in [0.2, 0.25) is 0 Å². The lowest BCUT2D eigenvalue weighted by Crippen LogP contribution is -2.30. The van der Waals surface area contributed by atoms with E-state index in [2.05, 4.69) is 34.6 Å². The minimum atomic E-state index is -4.96. The van der Waals surface area contributed by atoms with Crippen molar-refractivity contribution in [1.29, 1.82) is 0 Å². The van der Waals surface area contributed by atoms with Gasteiger partial charge in [-0.2, -0.15) is 0 Å². The predicted molar refractivity (Wildman–Crippen MR) is 409 cm³/mol. The quantitative estimate of drug-likeness (QED) is 0.0222. The van der Waals surface area contributed by atoms with E-state index in [9.17, 15) is 43.2 Å². The maximum atomic E-state index is 13.1. The summed E-state index contributed by atoms with van der Waals surface area (Å²) in [5.41, 5.74) is 0. The van der Waals surface area contributed by atoms with Crippen molar-refractivity contribution < 1.29 is 80.2 Å². The Balaban J connectivity index is 5.26. The van der Waals surface area contributed by atoms with Crippen molar-refractivity contribution in [2.24, 2.45) is 5.92 Å². The molecule has 0 aromatic heterocycles.